The largest absolute Gasteiger partial charge is 0.467 e. The Morgan fingerprint density at radius 2 is 1.20 bits per heavy atom. The van der Waals surface area contributed by atoms with Crippen LogP contribution >= 0.6 is 0 Å². The molecular weight excluding hydrogens is 526 g/mol. The van der Waals surface area contributed by atoms with Gasteiger partial charge in [0.1, 0.15) is 12.6 Å². The van der Waals surface area contributed by atoms with Crippen LogP contribution in [0.1, 0.15) is 31.8 Å². The lowest BCUT2D eigenvalue weighted by molar-refractivity contribution is -0.143. The Hall–Kier alpha value is -5.44. The molecule has 9 nitrogen and oxygen atoms in total. The second-order valence-electron chi connectivity index (χ2n) is 8.78. The van der Waals surface area contributed by atoms with Crippen LogP contribution < -0.4 is 14.8 Å². The molecule has 0 radical (unpaired) electrons. The van der Waals surface area contributed by atoms with E-state index >= 15 is 0 Å². The number of alkyl carbamates (subject to hydrolysis) is 1. The van der Waals surface area contributed by atoms with E-state index in [1.165, 1.54) is 19.2 Å². The zero-order valence-corrected chi connectivity index (χ0v) is 22.1. The lowest BCUT2D eigenvalue weighted by atomic mass is 10.1. The maximum absolute atomic E-state index is 12.8. The minimum Gasteiger partial charge on any atom is -0.467 e. The van der Waals surface area contributed by atoms with Crippen LogP contribution in [-0.4, -0.2) is 37.2 Å². The maximum Gasteiger partial charge on any atom is 0.408 e. The Morgan fingerprint density at radius 1 is 0.659 bits per heavy atom. The molecule has 0 aliphatic heterocycles. The Bertz CT molecular complexity index is 1490. The summed E-state index contributed by atoms with van der Waals surface area (Å²) in [5.41, 5.74) is 1.86. The number of benzene rings is 4. The Kier molecular flexibility index (Phi) is 9.82. The van der Waals surface area contributed by atoms with Crippen molar-refractivity contribution in [2.45, 2.75) is 19.1 Å². The number of carbonyl (C=O) groups is 4. The van der Waals surface area contributed by atoms with Gasteiger partial charge in [0.15, 0.2) is 11.5 Å². The number of carbonyl (C=O) groups excluding carboxylic acids is 4. The fourth-order valence-corrected chi connectivity index (χ4v) is 3.79. The summed E-state index contributed by atoms with van der Waals surface area (Å²) in [4.78, 5) is 50.5. The van der Waals surface area contributed by atoms with E-state index in [1.54, 1.807) is 78.9 Å². The van der Waals surface area contributed by atoms with Gasteiger partial charge in [0.25, 0.3) is 0 Å². The van der Waals surface area contributed by atoms with Crippen LogP contribution in [0.4, 0.5) is 4.79 Å². The molecule has 1 amide bonds. The van der Waals surface area contributed by atoms with Crippen molar-refractivity contribution in [1.29, 1.82) is 0 Å². The molecule has 0 saturated carbocycles. The second kappa shape index (κ2) is 14.1. The predicted molar refractivity (Wildman–Crippen MR) is 149 cm³/mol. The van der Waals surface area contributed by atoms with Crippen molar-refractivity contribution in [3.8, 4) is 11.5 Å². The summed E-state index contributed by atoms with van der Waals surface area (Å²) in [6.07, 6.45) is -0.844. The van der Waals surface area contributed by atoms with Crippen molar-refractivity contribution >= 4 is 24.0 Å². The monoisotopic (exact) mass is 553 g/mol. The standard InChI is InChI=1S/C32H27NO8/c1-38-31(36)26(33-32(37)39-21-22-11-5-2-6-12-22)19-23-17-18-27(40-29(34)24-13-7-3-8-14-24)28(20-23)41-30(35)25-15-9-4-10-16-25/h2-18,20,26H,19,21H2,1H3,(H,33,37)/t26-/m0/s1. The molecule has 0 aromatic heterocycles. The number of hydrogen-bond donors (Lipinski definition) is 1. The van der Waals surface area contributed by atoms with Gasteiger partial charge in [0, 0.05) is 6.42 Å². The molecule has 9 heteroatoms. The first-order valence-electron chi connectivity index (χ1n) is 12.7. The normalized spacial score (nSPS) is 11.0. The molecule has 41 heavy (non-hydrogen) atoms. The molecule has 0 unspecified atom stereocenters. The summed E-state index contributed by atoms with van der Waals surface area (Å²) >= 11 is 0. The highest BCUT2D eigenvalue weighted by molar-refractivity contribution is 5.93. The van der Waals surface area contributed by atoms with Gasteiger partial charge >= 0.3 is 24.0 Å². The number of esters is 3. The summed E-state index contributed by atoms with van der Waals surface area (Å²) in [6, 6.07) is 29.1. The topological polar surface area (TPSA) is 117 Å². The summed E-state index contributed by atoms with van der Waals surface area (Å²) < 4.78 is 21.2. The molecule has 0 aliphatic rings. The lowest BCUT2D eigenvalue weighted by Gasteiger charge is -2.18. The molecule has 4 rings (SSSR count). The van der Waals surface area contributed by atoms with Crippen LogP contribution in [0, 0.1) is 0 Å². The van der Waals surface area contributed by atoms with Gasteiger partial charge in [-0.3, -0.25) is 0 Å². The van der Waals surface area contributed by atoms with Gasteiger partial charge in [0.2, 0.25) is 0 Å². The molecule has 0 bridgehead atoms. The van der Waals surface area contributed by atoms with Gasteiger partial charge in [-0.25, -0.2) is 19.2 Å². The summed E-state index contributed by atoms with van der Waals surface area (Å²) in [7, 11) is 1.20. The summed E-state index contributed by atoms with van der Waals surface area (Å²) in [5.74, 6) is -2.07. The zero-order chi connectivity index (χ0) is 29.0. The minimum atomic E-state index is -1.11. The molecular formula is C32H27NO8. The molecule has 0 fully saturated rings. The summed E-state index contributed by atoms with van der Waals surface area (Å²) in [6.45, 7) is 0.0155. The molecule has 0 heterocycles. The van der Waals surface area contributed by atoms with Crippen LogP contribution in [0.15, 0.2) is 109 Å². The van der Waals surface area contributed by atoms with E-state index in [4.69, 9.17) is 18.9 Å². The first-order valence-corrected chi connectivity index (χ1v) is 12.7. The van der Waals surface area contributed by atoms with Crippen molar-refractivity contribution in [2.24, 2.45) is 0 Å². The van der Waals surface area contributed by atoms with Crippen molar-refractivity contribution in [3.05, 3.63) is 131 Å². The zero-order valence-electron chi connectivity index (χ0n) is 22.1. The summed E-state index contributed by atoms with van der Waals surface area (Å²) in [5, 5.41) is 2.51. The average Bonchev–Trinajstić information content (AvgIpc) is 3.01. The first kappa shape index (κ1) is 28.6. The van der Waals surface area contributed by atoms with Gasteiger partial charge in [-0.2, -0.15) is 0 Å². The van der Waals surface area contributed by atoms with Gasteiger partial charge < -0.3 is 24.3 Å². The third kappa shape index (κ3) is 8.27. The Labute approximate surface area is 236 Å². The van der Waals surface area contributed by atoms with E-state index in [2.05, 4.69) is 5.32 Å². The number of methoxy groups -OCH3 is 1. The first-order chi connectivity index (χ1) is 19.9. The van der Waals surface area contributed by atoms with E-state index in [1.807, 2.05) is 18.2 Å². The van der Waals surface area contributed by atoms with E-state index in [0.717, 1.165) is 5.56 Å². The smallest absolute Gasteiger partial charge is 0.408 e. The molecule has 4 aromatic carbocycles. The van der Waals surface area contributed by atoms with Gasteiger partial charge in [-0.1, -0.05) is 72.8 Å². The van der Waals surface area contributed by atoms with Crippen molar-refractivity contribution in [1.82, 2.24) is 5.32 Å². The van der Waals surface area contributed by atoms with E-state index in [0.29, 0.717) is 11.1 Å². The van der Waals surface area contributed by atoms with Gasteiger partial charge in [0.05, 0.1) is 18.2 Å². The third-order valence-electron chi connectivity index (χ3n) is 5.86. The van der Waals surface area contributed by atoms with E-state index < -0.39 is 30.0 Å². The molecule has 0 spiro atoms. The molecule has 0 aliphatic carbocycles. The molecule has 4 aromatic rings. The highest BCUT2D eigenvalue weighted by Crippen LogP contribution is 2.31. The number of ether oxygens (including phenoxy) is 4. The Morgan fingerprint density at radius 3 is 1.76 bits per heavy atom. The van der Waals surface area contributed by atoms with Crippen molar-refractivity contribution in [3.63, 3.8) is 0 Å². The van der Waals surface area contributed by atoms with E-state index in [-0.39, 0.29) is 30.1 Å². The number of amides is 1. The molecule has 1 atom stereocenters. The fraction of sp³-hybridized carbons (Fsp3) is 0.125. The van der Waals surface area contributed by atoms with E-state index in [9.17, 15) is 19.2 Å². The highest BCUT2D eigenvalue weighted by Gasteiger charge is 2.24. The van der Waals surface area contributed by atoms with Crippen LogP contribution in [0.2, 0.25) is 0 Å². The molecule has 208 valence electrons. The quantitative estimate of drug-likeness (QED) is 0.212. The van der Waals surface area contributed by atoms with Crippen LogP contribution in [-0.2, 0) is 27.3 Å². The SMILES string of the molecule is COC(=O)[C@H](Cc1ccc(OC(=O)c2ccccc2)c(OC(=O)c2ccccc2)c1)NC(=O)OCc1ccccc1. The number of rotatable bonds is 10. The lowest BCUT2D eigenvalue weighted by Crippen LogP contribution is -2.43. The van der Waals surface area contributed by atoms with Crippen molar-refractivity contribution in [2.75, 3.05) is 7.11 Å². The Balaban J connectivity index is 1.54. The average molecular weight is 554 g/mol. The van der Waals surface area contributed by atoms with Crippen molar-refractivity contribution < 1.29 is 38.1 Å². The predicted octanol–water partition coefficient (Wildman–Crippen LogP) is 5.14. The molecule has 1 N–H and O–H groups in total. The number of hydrogen-bond acceptors (Lipinski definition) is 8. The van der Waals surface area contributed by atoms with Crippen LogP contribution in [0.5, 0.6) is 11.5 Å². The third-order valence-corrected chi connectivity index (χ3v) is 5.86. The maximum atomic E-state index is 12.8. The fourth-order valence-electron chi connectivity index (χ4n) is 3.79. The van der Waals surface area contributed by atoms with Crippen LogP contribution in [0.25, 0.3) is 0 Å². The number of nitrogens with one attached hydrogen (secondary N) is 1. The second-order valence-corrected chi connectivity index (χ2v) is 8.78. The molecule has 0 saturated heterocycles. The van der Waals surface area contributed by atoms with Gasteiger partial charge in [-0.05, 0) is 47.5 Å². The highest BCUT2D eigenvalue weighted by atomic mass is 16.6. The minimum absolute atomic E-state index is 0.00303. The van der Waals surface area contributed by atoms with Crippen LogP contribution in [0.3, 0.4) is 0 Å². The van der Waals surface area contributed by atoms with Gasteiger partial charge in [-0.15, -0.1) is 0 Å².